The Morgan fingerprint density at radius 1 is 1.53 bits per heavy atom. The lowest BCUT2D eigenvalue weighted by molar-refractivity contribution is 0.370. The van der Waals surface area contributed by atoms with Gasteiger partial charge in [-0.25, -0.2) is 8.42 Å². The monoisotopic (exact) mass is 259 g/mol. The summed E-state index contributed by atoms with van der Waals surface area (Å²) >= 11 is 0. The van der Waals surface area contributed by atoms with E-state index in [1.807, 2.05) is 6.92 Å². The maximum atomic E-state index is 11.1. The van der Waals surface area contributed by atoms with E-state index in [1.165, 1.54) is 18.2 Å². The van der Waals surface area contributed by atoms with Crippen LogP contribution in [0.25, 0.3) is 0 Å². The molecule has 1 aliphatic rings. The molecule has 0 fully saturated rings. The molecule has 3 atom stereocenters. The van der Waals surface area contributed by atoms with Gasteiger partial charge in [-0.1, -0.05) is 18.6 Å². The normalized spacial score (nSPS) is 27.6. The molecule has 1 rings (SSSR count). The van der Waals surface area contributed by atoms with Gasteiger partial charge in [0.15, 0.2) is 0 Å². The van der Waals surface area contributed by atoms with Crippen LogP contribution in [0.1, 0.15) is 33.6 Å². The van der Waals surface area contributed by atoms with Crippen molar-refractivity contribution in [3.8, 4) is 0 Å². The maximum absolute atomic E-state index is 11.1. The van der Waals surface area contributed by atoms with Crippen LogP contribution in [-0.2, 0) is 9.84 Å². The molecule has 0 aromatic heterocycles. The number of hydrogen-bond acceptors (Lipinski definition) is 3. The van der Waals surface area contributed by atoms with Crippen molar-refractivity contribution < 1.29 is 8.42 Å². The minimum absolute atomic E-state index is 0.0477. The molecule has 0 aromatic carbocycles. The summed E-state index contributed by atoms with van der Waals surface area (Å²) in [7, 11) is -2.87. The Bertz CT molecular complexity index is 373. The summed E-state index contributed by atoms with van der Waals surface area (Å²) < 4.78 is 22.3. The van der Waals surface area contributed by atoms with Gasteiger partial charge >= 0.3 is 0 Å². The second-order valence-corrected chi connectivity index (χ2v) is 7.88. The molecule has 100 valence electrons. The smallest absolute Gasteiger partial charge is 0.148 e. The van der Waals surface area contributed by atoms with Crippen LogP contribution >= 0.6 is 0 Å². The molecule has 0 spiro atoms. The predicted octanol–water partition coefficient (Wildman–Crippen LogP) is 2.00. The summed E-state index contributed by atoms with van der Waals surface area (Å²) in [4.78, 5) is 0. The predicted molar refractivity (Wildman–Crippen MR) is 72.8 cm³/mol. The topological polar surface area (TPSA) is 46.2 Å². The van der Waals surface area contributed by atoms with Crippen molar-refractivity contribution in [3.05, 3.63) is 11.6 Å². The fourth-order valence-corrected chi connectivity index (χ4v) is 3.75. The highest BCUT2D eigenvalue weighted by molar-refractivity contribution is 7.90. The standard InChI is InChI=1S/C13H25NO2S/c1-10-5-11(2)7-13(6-10)8-14-12(3)9-17(4,15)16/h5,10,12-14H,6-9H2,1-4H3. The fourth-order valence-electron chi connectivity index (χ4n) is 2.72. The molecule has 0 bridgehead atoms. The van der Waals surface area contributed by atoms with Gasteiger partial charge in [0, 0.05) is 12.3 Å². The Morgan fingerprint density at radius 3 is 2.71 bits per heavy atom. The first-order valence-electron chi connectivity index (χ1n) is 6.34. The van der Waals surface area contributed by atoms with Crippen molar-refractivity contribution in [3.63, 3.8) is 0 Å². The molecule has 1 N–H and O–H groups in total. The van der Waals surface area contributed by atoms with Crippen molar-refractivity contribution in [1.82, 2.24) is 5.32 Å². The third-order valence-electron chi connectivity index (χ3n) is 3.19. The largest absolute Gasteiger partial charge is 0.313 e. The summed E-state index contributed by atoms with van der Waals surface area (Å²) in [5.41, 5.74) is 1.46. The number of allylic oxidation sites excluding steroid dienone is 2. The van der Waals surface area contributed by atoms with Gasteiger partial charge in [0.25, 0.3) is 0 Å². The summed E-state index contributed by atoms with van der Waals surface area (Å²) in [5, 5.41) is 3.34. The molecule has 4 heteroatoms. The Hall–Kier alpha value is -0.350. The summed E-state index contributed by atoms with van der Waals surface area (Å²) in [6.45, 7) is 7.29. The Kier molecular flexibility index (Phi) is 5.20. The zero-order chi connectivity index (χ0) is 13.1. The Balaban J connectivity index is 2.34. The molecular weight excluding hydrogens is 234 g/mol. The van der Waals surface area contributed by atoms with Crippen LogP contribution in [0.3, 0.4) is 0 Å². The second-order valence-electron chi connectivity index (χ2n) is 5.70. The van der Waals surface area contributed by atoms with Crippen molar-refractivity contribution >= 4 is 9.84 Å². The summed E-state index contributed by atoms with van der Waals surface area (Å²) in [6.07, 6.45) is 5.98. The van der Waals surface area contributed by atoms with E-state index in [0.29, 0.717) is 11.8 Å². The third-order valence-corrected chi connectivity index (χ3v) is 4.30. The molecular formula is C13H25NO2S. The molecule has 0 radical (unpaired) electrons. The van der Waals surface area contributed by atoms with Crippen molar-refractivity contribution in [1.29, 1.82) is 0 Å². The number of nitrogens with one attached hydrogen (secondary N) is 1. The minimum atomic E-state index is -2.87. The minimum Gasteiger partial charge on any atom is -0.313 e. The highest BCUT2D eigenvalue weighted by Gasteiger charge is 2.19. The first-order valence-corrected chi connectivity index (χ1v) is 8.40. The summed E-state index contributed by atoms with van der Waals surface area (Å²) in [6, 6.07) is 0.0477. The van der Waals surface area contributed by atoms with E-state index < -0.39 is 9.84 Å². The van der Waals surface area contributed by atoms with Crippen LogP contribution in [0, 0.1) is 11.8 Å². The van der Waals surface area contributed by atoms with Crippen LogP contribution < -0.4 is 5.32 Å². The zero-order valence-corrected chi connectivity index (χ0v) is 12.2. The molecule has 0 aliphatic heterocycles. The fraction of sp³-hybridized carbons (Fsp3) is 0.846. The van der Waals surface area contributed by atoms with Gasteiger partial charge in [-0.2, -0.15) is 0 Å². The lowest BCUT2D eigenvalue weighted by atomic mass is 9.83. The van der Waals surface area contributed by atoms with Gasteiger partial charge in [0.05, 0.1) is 5.75 Å². The van der Waals surface area contributed by atoms with Crippen molar-refractivity contribution in [2.75, 3.05) is 18.6 Å². The van der Waals surface area contributed by atoms with E-state index in [4.69, 9.17) is 0 Å². The van der Waals surface area contributed by atoms with Gasteiger partial charge in [-0.05, 0) is 45.1 Å². The van der Waals surface area contributed by atoms with E-state index in [2.05, 4.69) is 25.2 Å². The average molecular weight is 259 g/mol. The van der Waals surface area contributed by atoms with Gasteiger partial charge < -0.3 is 5.32 Å². The first kappa shape index (κ1) is 14.7. The van der Waals surface area contributed by atoms with Gasteiger partial charge in [0.1, 0.15) is 9.84 Å². The average Bonchev–Trinajstić information content (AvgIpc) is 2.10. The summed E-state index contributed by atoms with van der Waals surface area (Å²) in [5.74, 6) is 1.53. The number of rotatable bonds is 5. The van der Waals surface area contributed by atoms with Crippen molar-refractivity contribution in [2.24, 2.45) is 11.8 Å². The first-order chi connectivity index (χ1) is 7.76. The van der Waals surface area contributed by atoms with E-state index in [9.17, 15) is 8.42 Å². The highest BCUT2D eigenvalue weighted by Crippen LogP contribution is 2.27. The molecule has 0 amide bonds. The second kappa shape index (κ2) is 6.01. The van der Waals surface area contributed by atoms with Gasteiger partial charge in [-0.3, -0.25) is 0 Å². The van der Waals surface area contributed by atoms with Crippen LogP contribution in [0.15, 0.2) is 11.6 Å². The molecule has 0 heterocycles. The van der Waals surface area contributed by atoms with Crippen LogP contribution in [0.2, 0.25) is 0 Å². The Morgan fingerprint density at radius 2 is 2.18 bits per heavy atom. The molecule has 3 nitrogen and oxygen atoms in total. The Labute approximate surface area is 106 Å². The van der Waals surface area contributed by atoms with Crippen LogP contribution in [0.4, 0.5) is 0 Å². The maximum Gasteiger partial charge on any atom is 0.148 e. The van der Waals surface area contributed by atoms with Crippen LogP contribution in [0.5, 0.6) is 0 Å². The zero-order valence-electron chi connectivity index (χ0n) is 11.4. The molecule has 0 aromatic rings. The van der Waals surface area contributed by atoms with Gasteiger partial charge in [0.2, 0.25) is 0 Å². The van der Waals surface area contributed by atoms with Crippen LogP contribution in [-0.4, -0.2) is 33.0 Å². The van der Waals surface area contributed by atoms with E-state index in [1.54, 1.807) is 0 Å². The van der Waals surface area contributed by atoms with E-state index in [-0.39, 0.29) is 11.8 Å². The van der Waals surface area contributed by atoms with Gasteiger partial charge in [-0.15, -0.1) is 0 Å². The van der Waals surface area contributed by atoms with Crippen molar-refractivity contribution in [2.45, 2.75) is 39.7 Å². The third kappa shape index (κ3) is 6.22. The number of hydrogen-bond donors (Lipinski definition) is 1. The molecule has 17 heavy (non-hydrogen) atoms. The lowest BCUT2D eigenvalue weighted by Crippen LogP contribution is -2.37. The molecule has 0 saturated carbocycles. The SMILES string of the molecule is CC1=CC(C)CC(CNC(C)CS(C)(=O)=O)C1. The quantitative estimate of drug-likeness (QED) is 0.768. The molecule has 3 unspecified atom stereocenters. The van der Waals surface area contributed by atoms with E-state index >= 15 is 0 Å². The lowest BCUT2D eigenvalue weighted by Gasteiger charge is -2.27. The number of sulfone groups is 1. The van der Waals surface area contributed by atoms with E-state index in [0.717, 1.165) is 13.0 Å². The molecule has 0 saturated heterocycles. The highest BCUT2D eigenvalue weighted by atomic mass is 32.2. The molecule has 1 aliphatic carbocycles.